The van der Waals surface area contributed by atoms with Crippen molar-refractivity contribution in [2.45, 2.75) is 11.8 Å². The zero-order chi connectivity index (χ0) is 18.4. The highest BCUT2D eigenvalue weighted by Gasteiger charge is 2.17. The second-order valence-corrected chi connectivity index (χ2v) is 8.05. The lowest BCUT2D eigenvalue weighted by Gasteiger charge is -2.12. The van der Waals surface area contributed by atoms with E-state index in [2.05, 4.69) is 26.6 Å². The molecule has 6 nitrogen and oxygen atoms in total. The Bertz CT molecular complexity index is 851. The molecule has 0 aromatic heterocycles. The summed E-state index contributed by atoms with van der Waals surface area (Å²) in [6, 6.07) is 12.0. The van der Waals surface area contributed by atoms with Crippen LogP contribution in [0.2, 0.25) is 0 Å². The second-order valence-electron chi connectivity index (χ2n) is 5.25. The average molecular weight is 427 g/mol. The summed E-state index contributed by atoms with van der Waals surface area (Å²) < 4.78 is 29.6. The van der Waals surface area contributed by atoms with E-state index in [4.69, 9.17) is 4.74 Å². The number of anilines is 2. The van der Waals surface area contributed by atoms with E-state index in [1.165, 1.54) is 0 Å². The molecule has 0 aliphatic rings. The Morgan fingerprint density at radius 3 is 2.44 bits per heavy atom. The van der Waals surface area contributed by atoms with Crippen LogP contribution >= 0.6 is 15.9 Å². The van der Waals surface area contributed by atoms with Crippen LogP contribution in [0.4, 0.5) is 11.4 Å². The molecule has 2 aromatic rings. The summed E-state index contributed by atoms with van der Waals surface area (Å²) in [5.41, 5.74) is 1.01. The summed E-state index contributed by atoms with van der Waals surface area (Å²) in [6.07, 6.45) is 1.12. The topological polar surface area (TPSA) is 84.5 Å². The molecule has 1 amide bonds. The van der Waals surface area contributed by atoms with Gasteiger partial charge in [-0.3, -0.25) is 4.79 Å². The van der Waals surface area contributed by atoms with E-state index in [0.29, 0.717) is 22.5 Å². The molecule has 2 rings (SSSR count). The number of hydrogen-bond acceptors (Lipinski definition) is 5. The van der Waals surface area contributed by atoms with Gasteiger partial charge in [0.25, 0.3) is 0 Å². The van der Waals surface area contributed by atoms with E-state index >= 15 is 0 Å². The summed E-state index contributed by atoms with van der Waals surface area (Å²) >= 11 is 3.23. The fraction of sp³-hybridized carbons (Fsp3) is 0.235. The first kappa shape index (κ1) is 19.3. The second kappa shape index (κ2) is 8.35. The standard InChI is InChI=1S/C17H19BrN2O4S/c1-3-24-13-9-7-12(8-10-13)20-16(21)11-19-15-6-4-5-14(18)17(15)25(2,22)23/h4-10,19H,3,11H2,1-2H3,(H,20,21). The fourth-order valence-corrected chi connectivity index (χ4v) is 4.42. The van der Waals surface area contributed by atoms with Crippen molar-refractivity contribution in [3.05, 3.63) is 46.9 Å². The van der Waals surface area contributed by atoms with Crippen molar-refractivity contribution >= 4 is 43.0 Å². The average Bonchev–Trinajstić information content (AvgIpc) is 2.54. The van der Waals surface area contributed by atoms with Gasteiger partial charge in [0.2, 0.25) is 5.91 Å². The SMILES string of the molecule is CCOc1ccc(NC(=O)CNc2cccc(Br)c2S(C)(=O)=O)cc1. The van der Waals surface area contributed by atoms with E-state index in [9.17, 15) is 13.2 Å². The number of rotatable bonds is 7. The van der Waals surface area contributed by atoms with Crippen molar-refractivity contribution in [2.24, 2.45) is 0 Å². The lowest BCUT2D eigenvalue weighted by Crippen LogP contribution is -2.22. The zero-order valence-electron chi connectivity index (χ0n) is 13.9. The van der Waals surface area contributed by atoms with Gasteiger partial charge in [-0.25, -0.2) is 8.42 Å². The first-order chi connectivity index (χ1) is 11.8. The molecule has 0 aliphatic carbocycles. The molecule has 2 aromatic carbocycles. The molecule has 0 saturated heterocycles. The number of benzene rings is 2. The number of halogens is 1. The van der Waals surface area contributed by atoms with Crippen LogP contribution in [-0.2, 0) is 14.6 Å². The van der Waals surface area contributed by atoms with Crippen molar-refractivity contribution in [1.82, 2.24) is 0 Å². The van der Waals surface area contributed by atoms with Gasteiger partial charge in [-0.05, 0) is 59.3 Å². The maximum absolute atomic E-state index is 12.1. The van der Waals surface area contributed by atoms with Gasteiger partial charge in [-0.1, -0.05) is 6.07 Å². The molecular weight excluding hydrogens is 408 g/mol. The van der Waals surface area contributed by atoms with Gasteiger partial charge in [0, 0.05) is 16.4 Å². The Labute approximate surface area is 155 Å². The normalized spacial score (nSPS) is 11.0. The monoisotopic (exact) mass is 426 g/mol. The zero-order valence-corrected chi connectivity index (χ0v) is 16.3. The molecule has 25 heavy (non-hydrogen) atoms. The predicted molar refractivity (Wildman–Crippen MR) is 102 cm³/mol. The van der Waals surface area contributed by atoms with E-state index in [1.54, 1.807) is 42.5 Å². The summed E-state index contributed by atoms with van der Waals surface area (Å²) in [6.45, 7) is 2.41. The maximum atomic E-state index is 12.1. The van der Waals surface area contributed by atoms with E-state index in [0.717, 1.165) is 12.0 Å². The Hall–Kier alpha value is -2.06. The van der Waals surface area contributed by atoms with Crippen LogP contribution in [-0.4, -0.2) is 33.7 Å². The minimum absolute atomic E-state index is 0.0633. The molecule has 0 heterocycles. The molecule has 0 fully saturated rings. The Morgan fingerprint density at radius 2 is 1.84 bits per heavy atom. The van der Waals surface area contributed by atoms with Crippen molar-refractivity contribution in [1.29, 1.82) is 0 Å². The Morgan fingerprint density at radius 1 is 1.16 bits per heavy atom. The fourth-order valence-electron chi connectivity index (χ4n) is 2.21. The van der Waals surface area contributed by atoms with Crippen molar-refractivity contribution in [3.63, 3.8) is 0 Å². The van der Waals surface area contributed by atoms with Gasteiger partial charge < -0.3 is 15.4 Å². The number of hydrogen-bond donors (Lipinski definition) is 2. The summed E-state index contributed by atoms with van der Waals surface area (Å²) in [5, 5.41) is 5.60. The maximum Gasteiger partial charge on any atom is 0.243 e. The molecule has 0 radical (unpaired) electrons. The smallest absolute Gasteiger partial charge is 0.243 e. The number of carbonyl (C=O) groups excluding carboxylic acids is 1. The lowest BCUT2D eigenvalue weighted by molar-refractivity contribution is -0.114. The number of amides is 1. The van der Waals surface area contributed by atoms with Crippen molar-refractivity contribution in [2.75, 3.05) is 30.0 Å². The van der Waals surface area contributed by atoms with Crippen LogP contribution in [0.3, 0.4) is 0 Å². The largest absolute Gasteiger partial charge is 0.494 e. The van der Waals surface area contributed by atoms with Crippen LogP contribution in [0.15, 0.2) is 51.8 Å². The van der Waals surface area contributed by atoms with Gasteiger partial charge in [0.15, 0.2) is 9.84 Å². The third kappa shape index (κ3) is 5.47. The number of sulfone groups is 1. The predicted octanol–water partition coefficient (Wildman–Crippen LogP) is 3.30. The summed E-state index contributed by atoms with van der Waals surface area (Å²) in [7, 11) is -3.44. The van der Waals surface area contributed by atoms with Crippen LogP contribution in [0, 0.1) is 0 Å². The van der Waals surface area contributed by atoms with Crippen LogP contribution in [0.25, 0.3) is 0 Å². The molecule has 0 atom stereocenters. The van der Waals surface area contributed by atoms with E-state index in [-0.39, 0.29) is 17.3 Å². The summed E-state index contributed by atoms with van der Waals surface area (Å²) in [4.78, 5) is 12.2. The van der Waals surface area contributed by atoms with E-state index in [1.807, 2.05) is 6.92 Å². The van der Waals surface area contributed by atoms with E-state index < -0.39 is 9.84 Å². The Balaban J connectivity index is 2.02. The third-order valence-corrected chi connectivity index (χ3v) is 5.33. The molecule has 0 bridgehead atoms. The molecule has 8 heteroatoms. The number of carbonyl (C=O) groups is 1. The number of ether oxygens (including phenoxy) is 1. The quantitative estimate of drug-likeness (QED) is 0.709. The Kier molecular flexibility index (Phi) is 6.44. The van der Waals surface area contributed by atoms with Gasteiger partial charge in [0.1, 0.15) is 10.6 Å². The minimum Gasteiger partial charge on any atom is -0.494 e. The van der Waals surface area contributed by atoms with Crippen molar-refractivity contribution < 1.29 is 17.9 Å². The molecule has 0 unspecified atom stereocenters. The highest BCUT2D eigenvalue weighted by Crippen LogP contribution is 2.29. The van der Waals surface area contributed by atoms with Crippen molar-refractivity contribution in [3.8, 4) is 5.75 Å². The van der Waals surface area contributed by atoms with Crippen LogP contribution < -0.4 is 15.4 Å². The highest BCUT2D eigenvalue weighted by molar-refractivity contribution is 9.10. The van der Waals surface area contributed by atoms with Gasteiger partial charge >= 0.3 is 0 Å². The van der Waals surface area contributed by atoms with Gasteiger partial charge in [-0.15, -0.1) is 0 Å². The first-order valence-electron chi connectivity index (χ1n) is 7.56. The van der Waals surface area contributed by atoms with Gasteiger partial charge in [-0.2, -0.15) is 0 Å². The third-order valence-electron chi connectivity index (χ3n) is 3.23. The molecule has 2 N–H and O–H groups in total. The molecule has 134 valence electrons. The first-order valence-corrected chi connectivity index (χ1v) is 10.2. The molecule has 0 aliphatic heterocycles. The summed E-state index contributed by atoms with van der Waals surface area (Å²) in [5.74, 6) is 0.439. The van der Waals surface area contributed by atoms with Crippen LogP contribution in [0.1, 0.15) is 6.92 Å². The minimum atomic E-state index is -3.44. The highest BCUT2D eigenvalue weighted by atomic mass is 79.9. The van der Waals surface area contributed by atoms with Crippen LogP contribution in [0.5, 0.6) is 5.75 Å². The molecule has 0 spiro atoms. The molecular formula is C17H19BrN2O4S. The lowest BCUT2D eigenvalue weighted by atomic mass is 10.3. The molecule has 0 saturated carbocycles. The number of nitrogens with one attached hydrogen (secondary N) is 2. The van der Waals surface area contributed by atoms with Gasteiger partial charge in [0.05, 0.1) is 18.8 Å².